The van der Waals surface area contributed by atoms with Crippen molar-refractivity contribution in [1.29, 1.82) is 0 Å². The van der Waals surface area contributed by atoms with Gasteiger partial charge in [0, 0.05) is 12.2 Å². The minimum atomic E-state index is -0.0999. The number of nitrogens with one attached hydrogen (secondary N) is 1. The molecule has 2 aromatic rings. The van der Waals surface area contributed by atoms with E-state index in [1.54, 1.807) is 15.4 Å². The molecule has 3 rings (SSSR count). The Morgan fingerprint density at radius 1 is 1.04 bits per heavy atom. The average molecular weight is 342 g/mol. The number of allylic oxidation sites excluding steroid dienone is 2. The van der Waals surface area contributed by atoms with Crippen LogP contribution in [0.3, 0.4) is 0 Å². The monoisotopic (exact) mass is 342 g/mol. The lowest BCUT2D eigenvalue weighted by molar-refractivity contribution is 0.405. The van der Waals surface area contributed by atoms with Gasteiger partial charge in [-0.1, -0.05) is 17.2 Å². The van der Waals surface area contributed by atoms with E-state index in [1.807, 2.05) is 40.1 Å². The van der Waals surface area contributed by atoms with Crippen molar-refractivity contribution in [3.63, 3.8) is 0 Å². The highest BCUT2D eigenvalue weighted by atomic mass is 16.2. The molecule has 6 nitrogen and oxygen atoms in total. The third-order valence-corrected chi connectivity index (χ3v) is 4.87. The highest BCUT2D eigenvalue weighted by Gasteiger charge is 2.19. The van der Waals surface area contributed by atoms with E-state index < -0.39 is 0 Å². The van der Waals surface area contributed by atoms with Crippen LogP contribution in [0, 0.1) is 0 Å². The summed E-state index contributed by atoms with van der Waals surface area (Å²) in [6.07, 6.45) is 0.968. The van der Waals surface area contributed by atoms with Crippen LogP contribution in [0.4, 0.5) is 5.69 Å². The van der Waals surface area contributed by atoms with E-state index in [0.29, 0.717) is 23.9 Å². The van der Waals surface area contributed by atoms with Gasteiger partial charge in [0.05, 0.1) is 23.9 Å². The van der Waals surface area contributed by atoms with Gasteiger partial charge in [0.25, 0.3) is 11.1 Å². The molecule has 2 heterocycles. The molecule has 25 heavy (non-hydrogen) atoms. The van der Waals surface area contributed by atoms with Crippen LogP contribution in [0.2, 0.25) is 0 Å². The fourth-order valence-electron chi connectivity index (χ4n) is 3.25. The first kappa shape index (κ1) is 17.5. The summed E-state index contributed by atoms with van der Waals surface area (Å²) in [5.41, 5.74) is 2.85. The van der Waals surface area contributed by atoms with Gasteiger partial charge >= 0.3 is 0 Å². The standard InChI is InChI=1S/C19H26N4O2/c1-13-11-22-18(24)15-7-5-8-16(20-9-6-10-21(3)4)17(15)19(25)23(22)12-14(13)2/h5,7-8,20H,6,9-12H2,1-4H3. The second-order valence-corrected chi connectivity index (χ2v) is 7.10. The van der Waals surface area contributed by atoms with Crippen molar-refractivity contribution in [2.75, 3.05) is 32.5 Å². The first-order chi connectivity index (χ1) is 11.9. The number of anilines is 1. The second kappa shape index (κ2) is 6.88. The number of aromatic nitrogens is 2. The molecule has 1 aliphatic rings. The van der Waals surface area contributed by atoms with Gasteiger partial charge in [0.2, 0.25) is 0 Å². The van der Waals surface area contributed by atoms with E-state index in [4.69, 9.17) is 0 Å². The Morgan fingerprint density at radius 2 is 1.68 bits per heavy atom. The maximum atomic E-state index is 13.1. The lowest BCUT2D eigenvalue weighted by atomic mass is 10.1. The van der Waals surface area contributed by atoms with Crippen molar-refractivity contribution in [3.05, 3.63) is 50.1 Å². The number of hydrogen-bond acceptors (Lipinski definition) is 4. The van der Waals surface area contributed by atoms with Crippen LogP contribution in [0.15, 0.2) is 38.9 Å². The molecule has 0 amide bonds. The summed E-state index contributed by atoms with van der Waals surface area (Å²) in [5.74, 6) is 0. The summed E-state index contributed by atoms with van der Waals surface area (Å²) in [6, 6.07) is 5.47. The van der Waals surface area contributed by atoms with Crippen LogP contribution in [0.25, 0.3) is 10.8 Å². The molecule has 1 aromatic carbocycles. The van der Waals surface area contributed by atoms with Crippen LogP contribution in [0.1, 0.15) is 20.3 Å². The number of hydrogen-bond donors (Lipinski definition) is 1. The Hall–Kier alpha value is -2.34. The van der Waals surface area contributed by atoms with Gasteiger partial charge < -0.3 is 10.2 Å². The maximum absolute atomic E-state index is 13.1. The molecular formula is C19H26N4O2. The van der Waals surface area contributed by atoms with Gasteiger partial charge in [-0.2, -0.15) is 0 Å². The van der Waals surface area contributed by atoms with Crippen molar-refractivity contribution in [3.8, 4) is 0 Å². The zero-order valence-corrected chi connectivity index (χ0v) is 15.4. The summed E-state index contributed by atoms with van der Waals surface area (Å²) in [5, 5.41) is 4.33. The van der Waals surface area contributed by atoms with Crippen molar-refractivity contribution < 1.29 is 0 Å². The Labute approximate surface area is 147 Å². The SMILES string of the molecule is CC1=C(C)Cn2c(=O)c3c(NCCCN(C)C)cccc3c(=O)n2C1. The molecule has 1 aromatic heterocycles. The summed E-state index contributed by atoms with van der Waals surface area (Å²) < 4.78 is 3.15. The van der Waals surface area contributed by atoms with Crippen molar-refractivity contribution in [2.45, 2.75) is 33.4 Å². The maximum Gasteiger partial charge on any atom is 0.275 e. The largest absolute Gasteiger partial charge is 0.384 e. The Balaban J connectivity index is 2.06. The summed E-state index contributed by atoms with van der Waals surface area (Å²) in [7, 11) is 4.07. The predicted molar refractivity (Wildman–Crippen MR) is 103 cm³/mol. The van der Waals surface area contributed by atoms with Gasteiger partial charge in [-0.25, -0.2) is 9.36 Å². The molecular weight excluding hydrogens is 316 g/mol. The van der Waals surface area contributed by atoms with E-state index in [9.17, 15) is 9.59 Å². The van der Waals surface area contributed by atoms with E-state index in [1.165, 1.54) is 0 Å². The number of fused-ring (bicyclic) bond motifs is 2. The topological polar surface area (TPSA) is 59.3 Å². The van der Waals surface area contributed by atoms with Gasteiger partial charge in [0.15, 0.2) is 0 Å². The van der Waals surface area contributed by atoms with E-state index >= 15 is 0 Å². The molecule has 1 aliphatic heterocycles. The van der Waals surface area contributed by atoms with Gasteiger partial charge in [0.1, 0.15) is 0 Å². The molecule has 0 saturated carbocycles. The van der Waals surface area contributed by atoms with Crippen LogP contribution in [-0.2, 0) is 13.1 Å². The summed E-state index contributed by atoms with van der Waals surface area (Å²) in [4.78, 5) is 28.1. The van der Waals surface area contributed by atoms with Crippen LogP contribution < -0.4 is 16.4 Å². The molecule has 0 spiro atoms. The Morgan fingerprint density at radius 3 is 2.32 bits per heavy atom. The van der Waals surface area contributed by atoms with Crippen LogP contribution >= 0.6 is 0 Å². The Kier molecular flexibility index (Phi) is 4.81. The molecule has 0 aliphatic carbocycles. The van der Waals surface area contributed by atoms with Crippen LogP contribution in [0.5, 0.6) is 0 Å². The van der Waals surface area contributed by atoms with Crippen molar-refractivity contribution >= 4 is 16.5 Å². The Bertz CT molecular complexity index is 950. The van der Waals surface area contributed by atoms with Crippen LogP contribution in [-0.4, -0.2) is 41.4 Å². The fraction of sp³-hybridized carbons (Fsp3) is 0.474. The molecule has 0 saturated heterocycles. The molecule has 6 heteroatoms. The molecule has 134 valence electrons. The van der Waals surface area contributed by atoms with E-state index in [2.05, 4.69) is 10.2 Å². The van der Waals surface area contributed by atoms with Gasteiger partial charge in [-0.15, -0.1) is 0 Å². The first-order valence-electron chi connectivity index (χ1n) is 8.70. The molecule has 0 atom stereocenters. The smallest absolute Gasteiger partial charge is 0.275 e. The lowest BCUT2D eigenvalue weighted by Gasteiger charge is -2.24. The normalized spacial score (nSPS) is 14.3. The van der Waals surface area contributed by atoms with Gasteiger partial charge in [-0.05, 0) is 53.0 Å². The molecule has 0 bridgehead atoms. The fourth-order valence-corrected chi connectivity index (χ4v) is 3.25. The van der Waals surface area contributed by atoms with Gasteiger partial charge in [-0.3, -0.25) is 9.59 Å². The van der Waals surface area contributed by atoms with Crippen molar-refractivity contribution in [2.24, 2.45) is 0 Å². The number of nitrogens with zero attached hydrogens (tertiary/aromatic N) is 3. The average Bonchev–Trinajstić information content (AvgIpc) is 2.58. The summed E-state index contributed by atoms with van der Waals surface area (Å²) >= 11 is 0. The van der Waals surface area contributed by atoms with Crippen molar-refractivity contribution in [1.82, 2.24) is 14.3 Å². The lowest BCUT2D eigenvalue weighted by Crippen LogP contribution is -2.42. The number of rotatable bonds is 5. The zero-order chi connectivity index (χ0) is 18.1. The minimum Gasteiger partial charge on any atom is -0.384 e. The minimum absolute atomic E-state index is 0.0987. The summed E-state index contributed by atoms with van der Waals surface area (Å²) in [6.45, 7) is 6.73. The zero-order valence-electron chi connectivity index (χ0n) is 15.4. The quantitative estimate of drug-likeness (QED) is 0.666. The molecule has 1 N–H and O–H groups in total. The van der Waals surface area contributed by atoms with E-state index in [-0.39, 0.29) is 11.1 Å². The predicted octanol–water partition coefficient (Wildman–Crippen LogP) is 1.88. The van der Waals surface area contributed by atoms with E-state index in [0.717, 1.165) is 36.3 Å². The third-order valence-electron chi connectivity index (χ3n) is 4.87. The highest BCUT2D eigenvalue weighted by molar-refractivity contribution is 5.92. The molecule has 0 radical (unpaired) electrons. The second-order valence-electron chi connectivity index (χ2n) is 7.10. The molecule has 0 fully saturated rings. The third kappa shape index (κ3) is 3.26. The first-order valence-corrected chi connectivity index (χ1v) is 8.70. The number of benzene rings is 1. The highest BCUT2D eigenvalue weighted by Crippen LogP contribution is 2.20. The molecule has 0 unspecified atom stereocenters.